The molecule has 10 amide bonds. The van der Waals surface area contributed by atoms with Gasteiger partial charge in [0.25, 0.3) is 0 Å². The average molecular weight is 958 g/mol. The summed E-state index contributed by atoms with van der Waals surface area (Å²) in [5.41, 5.74) is 8.31. The number of aromatic nitrogens is 1. The van der Waals surface area contributed by atoms with Gasteiger partial charge in [0.2, 0.25) is 47.3 Å². The van der Waals surface area contributed by atoms with Gasteiger partial charge in [0.1, 0.15) is 18.1 Å². The zero-order valence-electron chi connectivity index (χ0n) is 37.6. The van der Waals surface area contributed by atoms with Gasteiger partial charge in [0, 0.05) is 59.8 Å². The molecule has 3 heterocycles. The molecule has 0 bridgehead atoms. The number of hydroxylamine groups is 1. The zero-order valence-corrected chi connectivity index (χ0v) is 38.4. The number of hydrogen-bond acceptors (Lipinski definition) is 12. The molecule has 2 aliphatic rings. The van der Waals surface area contributed by atoms with Gasteiger partial charge in [0.15, 0.2) is 0 Å². The van der Waals surface area contributed by atoms with Gasteiger partial charge < -0.3 is 58.4 Å². The smallest absolute Gasteiger partial charge is 0.315 e. The quantitative estimate of drug-likeness (QED) is 0.0200. The summed E-state index contributed by atoms with van der Waals surface area (Å²) in [6, 6.07) is 3.12. The highest BCUT2D eigenvalue weighted by Crippen LogP contribution is 2.33. The Bertz CT molecular complexity index is 2100. The highest BCUT2D eigenvalue weighted by atomic mass is 32.2. The Kier molecular flexibility index (Phi) is 21.2. The van der Waals surface area contributed by atoms with Crippen molar-refractivity contribution >= 4 is 81.9 Å². The van der Waals surface area contributed by atoms with Gasteiger partial charge >= 0.3 is 12.0 Å². The second-order valence-electron chi connectivity index (χ2n) is 17.1. The van der Waals surface area contributed by atoms with Gasteiger partial charge in [-0.3, -0.25) is 48.4 Å². The van der Waals surface area contributed by atoms with Crippen LogP contribution < -0.4 is 53.7 Å². The predicted molar refractivity (Wildman–Crippen MR) is 244 cm³/mol. The van der Waals surface area contributed by atoms with E-state index in [2.05, 4.69) is 47.5 Å². The summed E-state index contributed by atoms with van der Waals surface area (Å²) in [6.45, 7) is 2.65. The van der Waals surface area contributed by atoms with Gasteiger partial charge in [-0.25, -0.2) is 10.3 Å². The summed E-state index contributed by atoms with van der Waals surface area (Å²) in [6.07, 6.45) is 4.34. The number of unbranched alkanes of at least 4 members (excludes halogenated alkanes) is 2. The number of carboxylic acids is 1. The lowest BCUT2D eigenvalue weighted by Gasteiger charge is -2.25. The van der Waals surface area contributed by atoms with Crippen LogP contribution in [0, 0.1) is 11.8 Å². The van der Waals surface area contributed by atoms with E-state index in [0.717, 1.165) is 29.5 Å². The molecule has 24 heteroatoms. The largest absolute Gasteiger partial charge is 0.481 e. The Hall–Kier alpha value is -6.43. The number of carbonyl (C=O) groups excluding carboxylic acids is 9. The number of nitrogens with one attached hydrogen (secondary N) is 10. The van der Waals surface area contributed by atoms with Gasteiger partial charge in [0.05, 0.1) is 31.6 Å². The Labute approximate surface area is 391 Å². The molecule has 2 saturated heterocycles. The third kappa shape index (κ3) is 17.7. The predicted octanol–water partition coefficient (Wildman–Crippen LogP) is -1.07. The minimum atomic E-state index is -1.73. The fraction of sp³-hybridized carbons (Fsp3) is 0.581. The highest BCUT2D eigenvalue weighted by Gasteiger charge is 2.42. The second-order valence-corrected chi connectivity index (χ2v) is 18.4. The zero-order chi connectivity index (χ0) is 49.0. The molecule has 0 radical (unpaired) electrons. The summed E-state index contributed by atoms with van der Waals surface area (Å²) in [5, 5.41) is 40.4. The fourth-order valence-electron chi connectivity index (χ4n) is 7.92. The van der Waals surface area contributed by atoms with Gasteiger partial charge in [-0.05, 0) is 56.1 Å². The molecule has 23 nitrogen and oxygen atoms in total. The van der Waals surface area contributed by atoms with Gasteiger partial charge in [-0.1, -0.05) is 38.5 Å². The van der Waals surface area contributed by atoms with Crippen LogP contribution >= 0.6 is 11.8 Å². The van der Waals surface area contributed by atoms with E-state index in [1.54, 1.807) is 30.5 Å². The van der Waals surface area contributed by atoms with E-state index in [9.17, 15) is 53.1 Å². The molecule has 14 N–H and O–H groups in total. The van der Waals surface area contributed by atoms with E-state index >= 15 is 0 Å². The van der Waals surface area contributed by atoms with E-state index in [1.165, 1.54) is 5.48 Å². The fourth-order valence-corrected chi connectivity index (χ4v) is 9.47. The molecule has 2 fully saturated rings. The van der Waals surface area contributed by atoms with Crippen molar-refractivity contribution in [2.24, 2.45) is 17.6 Å². The van der Waals surface area contributed by atoms with E-state index in [0.29, 0.717) is 43.0 Å². The van der Waals surface area contributed by atoms with E-state index in [4.69, 9.17) is 10.9 Å². The number of hydrogen-bond donors (Lipinski definition) is 13. The van der Waals surface area contributed by atoms with E-state index in [-0.39, 0.29) is 49.2 Å². The number of aromatic amines is 1. The van der Waals surface area contributed by atoms with Crippen LogP contribution in [0.25, 0.3) is 10.9 Å². The van der Waals surface area contributed by atoms with Crippen LogP contribution in [-0.2, 0) is 49.6 Å². The molecular formula is C43H63N11O12S. The first kappa shape index (κ1) is 53.2. The lowest BCUT2D eigenvalue weighted by molar-refractivity contribution is -0.141. The molecule has 7 atom stereocenters. The molecule has 2 aromatic rings. The number of thioether (sulfide) groups is 1. The van der Waals surface area contributed by atoms with Crippen molar-refractivity contribution < 1.29 is 58.3 Å². The van der Waals surface area contributed by atoms with Crippen LogP contribution in [0.3, 0.4) is 0 Å². The van der Waals surface area contributed by atoms with Crippen molar-refractivity contribution in [3.63, 3.8) is 0 Å². The minimum absolute atomic E-state index is 0.0609. The van der Waals surface area contributed by atoms with Crippen molar-refractivity contribution in [3.05, 3.63) is 36.0 Å². The first-order valence-corrected chi connectivity index (χ1v) is 23.4. The van der Waals surface area contributed by atoms with Crippen LogP contribution in [0.5, 0.6) is 0 Å². The normalized spacial score (nSPS) is 18.0. The van der Waals surface area contributed by atoms with Crippen LogP contribution in [0.15, 0.2) is 30.5 Å². The number of benzene rings is 1. The van der Waals surface area contributed by atoms with Crippen molar-refractivity contribution in [2.45, 2.75) is 120 Å². The standard InChI is InChI=1S/C43H63N11O12S/c1-23(2)15-24(17-34(56)54-66)40(62)50-29(16-25-19-46-27-10-4-3-9-26(25)27)42(64)51-30(18-37(59)60)41(63)48-20-35(57)47-21-36(58)49-28(39(44)61)11-7-8-14-45-33(55)13-6-5-12-32-38-31(22-67-32)52-43(65)53-38/h3-4,9-10,19,23-24,28-32,38,46,66H,5-8,11-18,20-22H2,1-2H3,(H2,44,61)(H,45,55)(H,47,57)(H,48,63)(H,49,58)(H,50,62)(H,51,64)(H,54,56)(H,59,60)(H2,52,53,65)/t24?,28-,29-,30-,31-,32-,38-/m0/s1. The van der Waals surface area contributed by atoms with Crippen LogP contribution in [0.2, 0.25) is 0 Å². The number of urea groups is 1. The number of para-hydroxylation sites is 1. The number of primary amides is 1. The Morgan fingerprint density at radius 3 is 2.24 bits per heavy atom. The first-order valence-electron chi connectivity index (χ1n) is 22.3. The molecule has 368 valence electrons. The molecule has 0 aliphatic carbocycles. The van der Waals surface area contributed by atoms with E-state index in [1.807, 2.05) is 25.6 Å². The maximum absolute atomic E-state index is 13.8. The van der Waals surface area contributed by atoms with Gasteiger partial charge in [-0.15, -0.1) is 0 Å². The number of fused-ring (bicyclic) bond motifs is 2. The molecule has 1 unspecified atom stereocenters. The highest BCUT2D eigenvalue weighted by molar-refractivity contribution is 8.00. The Balaban J connectivity index is 1.21. The molecular weight excluding hydrogens is 895 g/mol. The molecule has 0 spiro atoms. The Morgan fingerprint density at radius 1 is 0.791 bits per heavy atom. The monoisotopic (exact) mass is 957 g/mol. The molecule has 1 aromatic heterocycles. The summed E-state index contributed by atoms with van der Waals surface area (Å²) >= 11 is 1.82. The Morgan fingerprint density at radius 2 is 1.52 bits per heavy atom. The minimum Gasteiger partial charge on any atom is -0.481 e. The third-order valence-corrected chi connectivity index (χ3v) is 12.8. The summed E-state index contributed by atoms with van der Waals surface area (Å²) in [7, 11) is 0. The van der Waals surface area contributed by atoms with Crippen molar-refractivity contribution in [1.82, 2.24) is 53.0 Å². The average Bonchev–Trinajstić information content (AvgIpc) is 3.98. The van der Waals surface area contributed by atoms with Crippen molar-refractivity contribution in [2.75, 3.05) is 25.4 Å². The number of amides is 10. The van der Waals surface area contributed by atoms with Crippen LogP contribution in [-0.4, -0.2) is 135 Å². The third-order valence-electron chi connectivity index (χ3n) is 11.3. The molecule has 1 aromatic carbocycles. The summed E-state index contributed by atoms with van der Waals surface area (Å²) < 4.78 is 0. The van der Waals surface area contributed by atoms with Crippen LogP contribution in [0.1, 0.15) is 83.6 Å². The van der Waals surface area contributed by atoms with Crippen molar-refractivity contribution in [3.8, 4) is 0 Å². The number of nitrogens with two attached hydrogens (primary N) is 1. The molecule has 4 rings (SSSR count). The summed E-state index contributed by atoms with van der Waals surface area (Å²) in [4.78, 5) is 129. The lowest BCUT2D eigenvalue weighted by Crippen LogP contribution is -2.56. The molecule has 67 heavy (non-hydrogen) atoms. The van der Waals surface area contributed by atoms with Crippen molar-refractivity contribution in [1.29, 1.82) is 0 Å². The van der Waals surface area contributed by atoms with E-state index < -0.39 is 97.3 Å². The number of carbonyl (C=O) groups is 10. The number of rotatable bonds is 29. The number of carboxylic acid groups (broad SMARTS) is 1. The molecule has 2 aliphatic heterocycles. The van der Waals surface area contributed by atoms with Gasteiger partial charge in [-0.2, -0.15) is 11.8 Å². The summed E-state index contributed by atoms with van der Waals surface area (Å²) in [5.74, 6) is -7.69. The lowest BCUT2D eigenvalue weighted by atomic mass is 9.92. The molecule has 0 saturated carbocycles. The topological polar surface area (TPSA) is 361 Å². The van der Waals surface area contributed by atoms with Crippen LogP contribution in [0.4, 0.5) is 4.79 Å². The maximum Gasteiger partial charge on any atom is 0.315 e. The first-order chi connectivity index (χ1) is 31.9. The SMILES string of the molecule is CC(C)CC(CC(=O)NO)C(=O)N[C@@H](Cc1c[nH]c2ccccc12)C(=O)N[C@@H](CC(=O)O)C(=O)NCC(=O)NCC(=O)N[C@@H](CCCCNC(=O)CCCC[C@@H]1SC[C@@H]2NC(=O)N[C@@H]21)C(N)=O. The second kappa shape index (κ2) is 26.6. The maximum atomic E-state index is 13.8. The number of aliphatic carboxylic acids is 1. The number of H-pyrrole nitrogens is 1.